The Morgan fingerprint density at radius 3 is 2.67 bits per heavy atom. The van der Waals surface area contributed by atoms with E-state index >= 15 is 0 Å². The van der Waals surface area contributed by atoms with Crippen LogP contribution in [-0.2, 0) is 4.79 Å². The summed E-state index contributed by atoms with van der Waals surface area (Å²) in [6, 6.07) is 17.9. The van der Waals surface area contributed by atoms with Crippen LogP contribution >= 0.6 is 0 Å². The minimum absolute atomic E-state index is 0.107. The van der Waals surface area contributed by atoms with Crippen molar-refractivity contribution in [1.82, 2.24) is 0 Å². The van der Waals surface area contributed by atoms with Crippen molar-refractivity contribution < 1.29 is 9.53 Å². The molecule has 2 aromatic carbocycles. The summed E-state index contributed by atoms with van der Waals surface area (Å²) in [7, 11) is 0. The second kappa shape index (κ2) is 7.33. The van der Waals surface area contributed by atoms with Crippen LogP contribution < -0.4 is 15.8 Å². The molecular formula is C17H20N2O2. The number of rotatable bonds is 7. The summed E-state index contributed by atoms with van der Waals surface area (Å²) in [5.41, 5.74) is 7.32. The van der Waals surface area contributed by atoms with Gasteiger partial charge in [-0.1, -0.05) is 43.3 Å². The highest BCUT2D eigenvalue weighted by Gasteiger charge is 2.05. The molecule has 21 heavy (non-hydrogen) atoms. The third-order valence-electron chi connectivity index (χ3n) is 3.20. The van der Waals surface area contributed by atoms with E-state index in [1.165, 1.54) is 5.56 Å². The lowest BCUT2D eigenvalue weighted by molar-refractivity contribution is -0.119. The number of hydrogen-bond acceptors (Lipinski definition) is 3. The lowest BCUT2D eigenvalue weighted by atomic mass is 10.0. The molecule has 2 aromatic rings. The van der Waals surface area contributed by atoms with Crippen LogP contribution in [0.25, 0.3) is 0 Å². The van der Waals surface area contributed by atoms with E-state index in [-0.39, 0.29) is 6.61 Å². The number of benzene rings is 2. The molecule has 110 valence electrons. The van der Waals surface area contributed by atoms with Gasteiger partial charge in [0, 0.05) is 18.3 Å². The monoisotopic (exact) mass is 284 g/mol. The number of ether oxygens (including phenoxy) is 1. The molecule has 1 atom stereocenters. The fourth-order valence-corrected chi connectivity index (χ4v) is 2.02. The zero-order chi connectivity index (χ0) is 15.1. The van der Waals surface area contributed by atoms with Gasteiger partial charge in [-0.2, -0.15) is 0 Å². The number of carbonyl (C=O) groups is 1. The van der Waals surface area contributed by atoms with E-state index < -0.39 is 5.91 Å². The maximum Gasteiger partial charge on any atom is 0.255 e. The Hall–Kier alpha value is -2.49. The van der Waals surface area contributed by atoms with E-state index in [1.54, 1.807) is 6.07 Å². The third kappa shape index (κ3) is 4.84. The molecule has 0 heterocycles. The van der Waals surface area contributed by atoms with E-state index in [1.807, 2.05) is 36.4 Å². The second-order valence-corrected chi connectivity index (χ2v) is 4.98. The summed E-state index contributed by atoms with van der Waals surface area (Å²) >= 11 is 0. The van der Waals surface area contributed by atoms with E-state index in [0.29, 0.717) is 11.7 Å². The minimum Gasteiger partial charge on any atom is -0.484 e. The van der Waals surface area contributed by atoms with Crippen molar-refractivity contribution in [3.63, 3.8) is 0 Å². The molecule has 2 rings (SSSR count). The van der Waals surface area contributed by atoms with Crippen molar-refractivity contribution in [2.24, 2.45) is 5.73 Å². The summed E-state index contributed by atoms with van der Waals surface area (Å²) in [5.74, 6) is 0.554. The molecule has 4 nitrogen and oxygen atoms in total. The molecule has 0 fully saturated rings. The second-order valence-electron chi connectivity index (χ2n) is 4.98. The molecule has 0 aliphatic heterocycles. The van der Waals surface area contributed by atoms with Crippen LogP contribution in [0.2, 0.25) is 0 Å². The van der Waals surface area contributed by atoms with E-state index in [9.17, 15) is 4.79 Å². The normalized spacial score (nSPS) is 11.7. The Kier molecular flexibility index (Phi) is 5.21. The highest BCUT2D eigenvalue weighted by atomic mass is 16.5. The van der Waals surface area contributed by atoms with Gasteiger partial charge >= 0.3 is 0 Å². The minimum atomic E-state index is -0.480. The molecule has 0 aliphatic carbocycles. The molecule has 1 amide bonds. The van der Waals surface area contributed by atoms with Gasteiger partial charge in [0.1, 0.15) is 5.75 Å². The number of anilines is 1. The van der Waals surface area contributed by atoms with Crippen LogP contribution in [0.5, 0.6) is 5.75 Å². The molecule has 0 aromatic heterocycles. The summed E-state index contributed by atoms with van der Waals surface area (Å²) < 4.78 is 5.28. The fraction of sp³-hybridized carbons (Fsp3) is 0.235. The summed E-state index contributed by atoms with van der Waals surface area (Å²) in [6.07, 6.45) is 0. The van der Waals surface area contributed by atoms with E-state index in [2.05, 4.69) is 24.4 Å². The molecule has 0 saturated heterocycles. The van der Waals surface area contributed by atoms with Crippen molar-refractivity contribution >= 4 is 11.6 Å². The Labute approximate surface area is 124 Å². The SMILES string of the molecule is CC(CNc1cccc(OCC(N)=O)c1)c1ccccc1. The van der Waals surface area contributed by atoms with Crippen LogP contribution in [-0.4, -0.2) is 19.1 Å². The van der Waals surface area contributed by atoms with E-state index in [0.717, 1.165) is 12.2 Å². The molecule has 1 unspecified atom stereocenters. The molecule has 0 aliphatic rings. The first-order chi connectivity index (χ1) is 10.1. The highest BCUT2D eigenvalue weighted by Crippen LogP contribution is 2.20. The number of nitrogens with one attached hydrogen (secondary N) is 1. The number of hydrogen-bond donors (Lipinski definition) is 2. The molecule has 0 spiro atoms. The Balaban J connectivity index is 1.91. The predicted molar refractivity (Wildman–Crippen MR) is 84.5 cm³/mol. The van der Waals surface area contributed by atoms with Crippen LogP contribution in [0.1, 0.15) is 18.4 Å². The van der Waals surface area contributed by atoms with Gasteiger partial charge < -0.3 is 15.8 Å². The van der Waals surface area contributed by atoms with Gasteiger partial charge in [0.15, 0.2) is 6.61 Å². The molecule has 0 saturated carbocycles. The van der Waals surface area contributed by atoms with Gasteiger partial charge in [-0.15, -0.1) is 0 Å². The van der Waals surface area contributed by atoms with Gasteiger partial charge in [0.25, 0.3) is 5.91 Å². The van der Waals surface area contributed by atoms with Crippen molar-refractivity contribution in [3.05, 3.63) is 60.2 Å². The lowest BCUT2D eigenvalue weighted by Crippen LogP contribution is -2.20. The van der Waals surface area contributed by atoms with Gasteiger partial charge in [0.05, 0.1) is 0 Å². The quantitative estimate of drug-likeness (QED) is 0.821. The van der Waals surface area contributed by atoms with Gasteiger partial charge in [-0.25, -0.2) is 0 Å². The molecule has 3 N–H and O–H groups in total. The number of carbonyl (C=O) groups excluding carboxylic acids is 1. The van der Waals surface area contributed by atoms with E-state index in [4.69, 9.17) is 10.5 Å². The van der Waals surface area contributed by atoms with Crippen molar-refractivity contribution in [3.8, 4) is 5.75 Å². The maximum absolute atomic E-state index is 10.7. The number of amides is 1. The molecule has 0 radical (unpaired) electrons. The maximum atomic E-state index is 10.7. The van der Waals surface area contributed by atoms with Crippen LogP contribution in [0, 0.1) is 0 Å². The third-order valence-corrected chi connectivity index (χ3v) is 3.20. The molecule has 0 bridgehead atoms. The van der Waals surface area contributed by atoms with Crippen molar-refractivity contribution in [2.75, 3.05) is 18.5 Å². The van der Waals surface area contributed by atoms with Crippen LogP contribution in [0.4, 0.5) is 5.69 Å². The summed E-state index contributed by atoms with van der Waals surface area (Å²) in [5, 5.41) is 3.37. The average Bonchev–Trinajstić information content (AvgIpc) is 2.52. The zero-order valence-corrected chi connectivity index (χ0v) is 12.1. The van der Waals surface area contributed by atoms with Gasteiger partial charge in [-0.3, -0.25) is 4.79 Å². The number of primary amides is 1. The first-order valence-corrected chi connectivity index (χ1v) is 6.95. The highest BCUT2D eigenvalue weighted by molar-refractivity contribution is 5.75. The van der Waals surface area contributed by atoms with Gasteiger partial charge in [-0.05, 0) is 23.6 Å². The first kappa shape index (κ1) is 14.9. The van der Waals surface area contributed by atoms with Crippen LogP contribution in [0.3, 0.4) is 0 Å². The van der Waals surface area contributed by atoms with Gasteiger partial charge in [0.2, 0.25) is 0 Å². The number of nitrogens with two attached hydrogens (primary N) is 1. The zero-order valence-electron chi connectivity index (χ0n) is 12.1. The summed E-state index contributed by atoms with van der Waals surface area (Å²) in [6.45, 7) is 2.89. The topological polar surface area (TPSA) is 64.3 Å². The largest absolute Gasteiger partial charge is 0.484 e. The average molecular weight is 284 g/mol. The molecule has 4 heteroatoms. The van der Waals surface area contributed by atoms with Crippen LogP contribution in [0.15, 0.2) is 54.6 Å². The Morgan fingerprint density at radius 1 is 1.19 bits per heavy atom. The smallest absolute Gasteiger partial charge is 0.255 e. The fourth-order valence-electron chi connectivity index (χ4n) is 2.02. The first-order valence-electron chi connectivity index (χ1n) is 6.95. The predicted octanol–water partition coefficient (Wildman–Crippen LogP) is 2.77. The lowest BCUT2D eigenvalue weighted by Gasteiger charge is -2.14. The molecular weight excluding hydrogens is 264 g/mol. The standard InChI is InChI=1S/C17H20N2O2/c1-13(14-6-3-2-4-7-14)11-19-15-8-5-9-16(10-15)21-12-17(18)20/h2-10,13,19H,11-12H2,1H3,(H2,18,20). The van der Waals surface area contributed by atoms with Crippen molar-refractivity contribution in [2.45, 2.75) is 12.8 Å². The Morgan fingerprint density at radius 2 is 1.95 bits per heavy atom. The Bertz CT molecular complexity index is 584. The summed E-state index contributed by atoms with van der Waals surface area (Å²) in [4.78, 5) is 10.7. The van der Waals surface area contributed by atoms with Crippen molar-refractivity contribution in [1.29, 1.82) is 0 Å².